The third-order valence-corrected chi connectivity index (χ3v) is 5.15. The van der Waals surface area contributed by atoms with E-state index in [1.165, 1.54) is 0 Å². The quantitative estimate of drug-likeness (QED) is 0.591. The molecule has 0 saturated carbocycles. The molecule has 4 nitrogen and oxygen atoms in total. The van der Waals surface area contributed by atoms with Crippen LogP contribution in [0.3, 0.4) is 0 Å². The maximum atomic E-state index is 3.58. The van der Waals surface area contributed by atoms with Gasteiger partial charge in [-0.05, 0) is 24.3 Å². The Kier molecular flexibility index (Phi) is 3.52. The van der Waals surface area contributed by atoms with Crippen molar-refractivity contribution in [3.8, 4) is 11.4 Å². The van der Waals surface area contributed by atoms with Crippen LogP contribution in [0.15, 0.2) is 58.5 Å². The fourth-order valence-electron chi connectivity index (χ4n) is 2.08. The standard InChI is InChI=1S/C14H14Br2N4/c1-17-7-9-19(13(17)15)11-3-5-12(6-4-11)20-10-8-18(2)14(20)16/h3-10H,1-2H3/q+2. The lowest BCUT2D eigenvalue weighted by Gasteiger charge is -2.00. The molecule has 102 valence electrons. The Hall–Kier alpha value is -1.40. The van der Waals surface area contributed by atoms with E-state index in [2.05, 4.69) is 65.3 Å². The number of aryl methyl sites for hydroxylation is 2. The molecule has 0 saturated heterocycles. The first kappa shape index (κ1) is 13.6. The van der Waals surface area contributed by atoms with Gasteiger partial charge in [-0.15, -0.1) is 0 Å². The number of rotatable bonds is 2. The molecule has 0 fully saturated rings. The van der Waals surface area contributed by atoms with E-state index in [0.29, 0.717) is 0 Å². The molecule has 0 bridgehead atoms. The molecule has 0 aliphatic carbocycles. The largest absolute Gasteiger partial charge is 0.330 e. The van der Waals surface area contributed by atoms with E-state index in [1.807, 2.05) is 48.0 Å². The molecule has 0 aliphatic rings. The number of halogens is 2. The summed E-state index contributed by atoms with van der Waals surface area (Å²) in [5.41, 5.74) is 2.24. The van der Waals surface area contributed by atoms with E-state index >= 15 is 0 Å². The van der Waals surface area contributed by atoms with E-state index in [0.717, 1.165) is 20.8 Å². The molecular formula is C14H14Br2N4+2. The van der Waals surface area contributed by atoms with E-state index in [-0.39, 0.29) is 0 Å². The smallest absolute Gasteiger partial charge is 0.227 e. The minimum atomic E-state index is 1.01. The van der Waals surface area contributed by atoms with Gasteiger partial charge in [-0.25, -0.2) is 9.13 Å². The van der Waals surface area contributed by atoms with E-state index in [9.17, 15) is 0 Å². The lowest BCUT2D eigenvalue weighted by molar-refractivity contribution is -0.682. The van der Waals surface area contributed by atoms with Crippen LogP contribution in [0.25, 0.3) is 11.4 Å². The molecule has 0 spiro atoms. The second-order valence-corrected chi connectivity index (χ2v) is 6.03. The van der Waals surface area contributed by atoms with Gasteiger partial charge in [0.1, 0.15) is 36.2 Å². The molecule has 2 heterocycles. The van der Waals surface area contributed by atoms with Gasteiger partial charge in [0.05, 0.1) is 14.1 Å². The third-order valence-electron chi connectivity index (χ3n) is 3.26. The van der Waals surface area contributed by atoms with Crippen molar-refractivity contribution in [2.75, 3.05) is 0 Å². The molecule has 3 aromatic rings. The average Bonchev–Trinajstić information content (AvgIpc) is 2.96. The number of aromatic nitrogens is 4. The van der Waals surface area contributed by atoms with Crippen molar-refractivity contribution in [2.45, 2.75) is 0 Å². The van der Waals surface area contributed by atoms with Gasteiger partial charge in [0.15, 0.2) is 0 Å². The van der Waals surface area contributed by atoms with Crippen LogP contribution in [0.4, 0.5) is 0 Å². The highest BCUT2D eigenvalue weighted by Crippen LogP contribution is 2.18. The van der Waals surface area contributed by atoms with Crippen molar-refractivity contribution in [1.82, 2.24) is 9.13 Å². The summed E-state index contributed by atoms with van der Waals surface area (Å²) in [4.78, 5) is 0. The summed E-state index contributed by atoms with van der Waals surface area (Å²) in [6.07, 6.45) is 8.09. The molecule has 0 aliphatic heterocycles. The molecule has 2 aromatic heterocycles. The molecule has 20 heavy (non-hydrogen) atoms. The van der Waals surface area contributed by atoms with Gasteiger partial charge in [0, 0.05) is 31.9 Å². The number of hydrogen-bond donors (Lipinski definition) is 0. The predicted molar refractivity (Wildman–Crippen MR) is 82.8 cm³/mol. The van der Waals surface area contributed by atoms with Crippen molar-refractivity contribution < 1.29 is 9.13 Å². The second-order valence-electron chi connectivity index (χ2n) is 4.61. The highest BCUT2D eigenvalue weighted by Gasteiger charge is 2.16. The fourth-order valence-corrected chi connectivity index (χ4v) is 2.96. The van der Waals surface area contributed by atoms with Gasteiger partial charge < -0.3 is 0 Å². The van der Waals surface area contributed by atoms with Gasteiger partial charge in [-0.1, -0.05) is 0 Å². The van der Waals surface area contributed by atoms with Crippen LogP contribution in [0, 0.1) is 0 Å². The van der Waals surface area contributed by atoms with Crippen molar-refractivity contribution in [2.24, 2.45) is 14.1 Å². The van der Waals surface area contributed by atoms with E-state index in [4.69, 9.17) is 0 Å². The predicted octanol–water partition coefficient (Wildman–Crippen LogP) is 2.44. The molecule has 0 radical (unpaired) electrons. The maximum Gasteiger partial charge on any atom is 0.330 e. The number of benzene rings is 1. The molecule has 0 amide bonds. The van der Waals surface area contributed by atoms with Crippen molar-refractivity contribution in [3.63, 3.8) is 0 Å². The average molecular weight is 398 g/mol. The molecule has 0 N–H and O–H groups in total. The van der Waals surface area contributed by atoms with Gasteiger partial charge >= 0.3 is 9.47 Å². The Labute approximate surface area is 134 Å². The monoisotopic (exact) mass is 396 g/mol. The summed E-state index contributed by atoms with van der Waals surface area (Å²) in [5, 5.41) is 0. The maximum absolute atomic E-state index is 3.58. The van der Waals surface area contributed by atoms with E-state index in [1.54, 1.807) is 0 Å². The summed E-state index contributed by atoms with van der Waals surface area (Å²) in [5.74, 6) is 0. The first-order chi connectivity index (χ1) is 9.58. The van der Waals surface area contributed by atoms with E-state index < -0.39 is 0 Å². The van der Waals surface area contributed by atoms with Crippen LogP contribution in [0.5, 0.6) is 0 Å². The minimum absolute atomic E-state index is 1.01. The molecule has 0 unspecified atom stereocenters. The molecular weight excluding hydrogens is 384 g/mol. The number of hydrogen-bond acceptors (Lipinski definition) is 0. The Morgan fingerprint density at radius 1 is 0.750 bits per heavy atom. The topological polar surface area (TPSA) is 17.6 Å². The first-order valence-corrected chi connectivity index (χ1v) is 7.72. The van der Waals surface area contributed by atoms with Gasteiger partial charge in [-0.3, -0.25) is 0 Å². The van der Waals surface area contributed by atoms with Crippen LogP contribution in [-0.2, 0) is 14.1 Å². The zero-order valence-electron chi connectivity index (χ0n) is 11.2. The first-order valence-electron chi connectivity index (χ1n) is 6.13. The van der Waals surface area contributed by atoms with Gasteiger partial charge in [0.25, 0.3) is 0 Å². The summed E-state index contributed by atoms with van der Waals surface area (Å²) in [6, 6.07) is 8.41. The highest BCUT2D eigenvalue weighted by molar-refractivity contribution is 9.10. The highest BCUT2D eigenvalue weighted by atomic mass is 79.9. The molecule has 1 aromatic carbocycles. The van der Waals surface area contributed by atoms with Gasteiger partial charge in [0.2, 0.25) is 0 Å². The minimum Gasteiger partial charge on any atom is -0.227 e. The zero-order chi connectivity index (χ0) is 14.3. The molecule has 6 heteroatoms. The van der Waals surface area contributed by atoms with Crippen LogP contribution in [0.2, 0.25) is 0 Å². The Bertz CT molecular complexity index is 691. The van der Waals surface area contributed by atoms with Crippen molar-refractivity contribution in [1.29, 1.82) is 0 Å². The third kappa shape index (κ3) is 2.23. The Morgan fingerprint density at radius 3 is 1.35 bits per heavy atom. The Balaban J connectivity index is 2.00. The van der Waals surface area contributed by atoms with Crippen molar-refractivity contribution in [3.05, 3.63) is 58.5 Å². The summed E-state index contributed by atoms with van der Waals surface area (Å²) >= 11 is 7.15. The number of nitrogens with zero attached hydrogens (tertiary/aromatic N) is 4. The van der Waals surface area contributed by atoms with Crippen molar-refractivity contribution >= 4 is 31.9 Å². The second kappa shape index (κ2) is 5.18. The molecule has 0 atom stereocenters. The lowest BCUT2D eigenvalue weighted by Crippen LogP contribution is -2.27. The van der Waals surface area contributed by atoms with Crippen LogP contribution in [0.1, 0.15) is 0 Å². The number of imidazole rings is 2. The lowest BCUT2D eigenvalue weighted by atomic mass is 10.3. The summed E-state index contributed by atoms with van der Waals surface area (Å²) in [7, 11) is 4.01. The normalized spacial score (nSPS) is 11.0. The van der Waals surface area contributed by atoms with Crippen LogP contribution < -0.4 is 9.13 Å². The fraction of sp³-hybridized carbons (Fsp3) is 0.143. The summed E-state index contributed by atoms with van der Waals surface area (Å²) < 4.78 is 10.3. The summed E-state index contributed by atoms with van der Waals surface area (Å²) in [6.45, 7) is 0. The SMILES string of the molecule is C[n+]1ccn(-c2ccc(-n3cc[n+](C)c3Br)cc2)c1Br. The van der Waals surface area contributed by atoms with Crippen LogP contribution in [-0.4, -0.2) is 9.13 Å². The Morgan fingerprint density at radius 2 is 1.10 bits per heavy atom. The van der Waals surface area contributed by atoms with Crippen LogP contribution >= 0.6 is 31.9 Å². The molecule has 3 rings (SSSR count). The zero-order valence-corrected chi connectivity index (χ0v) is 14.3. The van der Waals surface area contributed by atoms with Gasteiger partial charge in [-0.2, -0.15) is 9.13 Å².